The van der Waals surface area contributed by atoms with Gasteiger partial charge < -0.3 is 10.2 Å². The van der Waals surface area contributed by atoms with Crippen LogP contribution in [-0.2, 0) is 0 Å². The van der Waals surface area contributed by atoms with Crippen molar-refractivity contribution in [2.75, 3.05) is 0 Å². The van der Waals surface area contributed by atoms with Crippen molar-refractivity contribution in [3.8, 4) is 5.75 Å². The summed E-state index contributed by atoms with van der Waals surface area (Å²) in [4.78, 5) is 10.9. The zero-order valence-corrected chi connectivity index (χ0v) is 9.15. The van der Waals surface area contributed by atoms with E-state index in [0.717, 1.165) is 5.39 Å². The minimum Gasteiger partial charge on any atom is -0.508 e. The first-order valence-corrected chi connectivity index (χ1v) is 5.03. The number of aromatic hydroxyl groups is 1. The standard InChI is InChI=1S/C11H7BrO3/c12-10-5-6-1-2-8(13)3-7(6)4-9(10)11(14)15/h1-5,13H,(H,14,15). The Morgan fingerprint density at radius 1 is 1.13 bits per heavy atom. The van der Waals surface area contributed by atoms with E-state index in [-0.39, 0.29) is 11.3 Å². The highest BCUT2D eigenvalue weighted by Gasteiger charge is 2.09. The quantitative estimate of drug-likeness (QED) is 0.834. The number of fused-ring (bicyclic) bond motifs is 1. The molecule has 0 spiro atoms. The molecule has 0 aliphatic rings. The van der Waals surface area contributed by atoms with Crippen LogP contribution in [0.25, 0.3) is 10.8 Å². The molecule has 0 aliphatic heterocycles. The normalized spacial score (nSPS) is 10.5. The van der Waals surface area contributed by atoms with Gasteiger partial charge in [-0.1, -0.05) is 6.07 Å². The number of halogens is 1. The molecule has 2 aromatic carbocycles. The van der Waals surface area contributed by atoms with Crippen LogP contribution in [0.3, 0.4) is 0 Å². The van der Waals surface area contributed by atoms with Gasteiger partial charge in [-0.3, -0.25) is 0 Å². The third-order valence-corrected chi connectivity index (χ3v) is 2.80. The lowest BCUT2D eigenvalue weighted by atomic mass is 10.1. The molecule has 2 N–H and O–H groups in total. The van der Waals surface area contributed by atoms with Crippen molar-refractivity contribution in [3.05, 3.63) is 40.4 Å². The van der Waals surface area contributed by atoms with Gasteiger partial charge in [-0.25, -0.2) is 4.79 Å². The summed E-state index contributed by atoms with van der Waals surface area (Å²) < 4.78 is 0.535. The number of aromatic carboxylic acids is 1. The first-order valence-electron chi connectivity index (χ1n) is 4.23. The summed E-state index contributed by atoms with van der Waals surface area (Å²) in [7, 11) is 0. The largest absolute Gasteiger partial charge is 0.508 e. The van der Waals surface area contributed by atoms with Crippen LogP contribution in [0.4, 0.5) is 0 Å². The molecule has 0 bridgehead atoms. The molecule has 0 unspecified atom stereocenters. The minimum atomic E-state index is -0.993. The lowest BCUT2D eigenvalue weighted by Gasteiger charge is -2.03. The fourth-order valence-corrected chi connectivity index (χ4v) is 1.95. The second-order valence-corrected chi connectivity index (χ2v) is 4.02. The fraction of sp³-hybridized carbons (Fsp3) is 0. The molecule has 2 aromatic rings. The molecule has 0 fully saturated rings. The summed E-state index contributed by atoms with van der Waals surface area (Å²) in [6.45, 7) is 0. The van der Waals surface area contributed by atoms with E-state index in [4.69, 9.17) is 5.11 Å². The number of phenolic OH excluding ortho intramolecular Hbond substituents is 1. The van der Waals surface area contributed by atoms with Crippen molar-refractivity contribution >= 4 is 32.7 Å². The van der Waals surface area contributed by atoms with Gasteiger partial charge in [-0.2, -0.15) is 0 Å². The second-order valence-electron chi connectivity index (χ2n) is 3.17. The van der Waals surface area contributed by atoms with Gasteiger partial charge in [0.25, 0.3) is 0 Å². The van der Waals surface area contributed by atoms with Crippen LogP contribution in [0.1, 0.15) is 10.4 Å². The van der Waals surface area contributed by atoms with E-state index >= 15 is 0 Å². The van der Waals surface area contributed by atoms with Gasteiger partial charge in [0.2, 0.25) is 0 Å². The molecule has 4 heteroatoms. The third kappa shape index (κ3) is 1.80. The number of carboxylic acid groups (broad SMARTS) is 1. The Balaban J connectivity index is 2.77. The first kappa shape index (κ1) is 9.98. The topological polar surface area (TPSA) is 57.5 Å². The number of hydrogen-bond acceptors (Lipinski definition) is 2. The van der Waals surface area contributed by atoms with Crippen LogP contribution in [0, 0.1) is 0 Å². The lowest BCUT2D eigenvalue weighted by Crippen LogP contribution is -1.97. The van der Waals surface area contributed by atoms with Crippen molar-refractivity contribution in [1.82, 2.24) is 0 Å². The fourth-order valence-electron chi connectivity index (χ4n) is 1.42. The summed E-state index contributed by atoms with van der Waals surface area (Å²) in [5, 5.41) is 19.8. The molecule has 0 aliphatic carbocycles. The van der Waals surface area contributed by atoms with Crippen molar-refractivity contribution in [2.24, 2.45) is 0 Å². The zero-order valence-electron chi connectivity index (χ0n) is 7.57. The average molecular weight is 267 g/mol. The smallest absolute Gasteiger partial charge is 0.336 e. The van der Waals surface area contributed by atoms with Crippen LogP contribution in [0.2, 0.25) is 0 Å². The van der Waals surface area contributed by atoms with E-state index < -0.39 is 5.97 Å². The van der Waals surface area contributed by atoms with Crippen LogP contribution in [-0.4, -0.2) is 16.2 Å². The van der Waals surface area contributed by atoms with Gasteiger partial charge in [-0.05, 0) is 51.0 Å². The van der Waals surface area contributed by atoms with Crippen LogP contribution >= 0.6 is 15.9 Å². The maximum atomic E-state index is 10.9. The summed E-state index contributed by atoms with van der Waals surface area (Å²) in [5.41, 5.74) is 0.188. The molecule has 0 heterocycles. The molecular weight excluding hydrogens is 260 g/mol. The molecule has 0 saturated heterocycles. The zero-order chi connectivity index (χ0) is 11.0. The maximum Gasteiger partial charge on any atom is 0.336 e. The Hall–Kier alpha value is -1.55. The molecule has 0 saturated carbocycles. The SMILES string of the molecule is O=C(O)c1cc2cc(O)ccc2cc1Br. The summed E-state index contributed by atoms with van der Waals surface area (Å²) in [6, 6.07) is 8.09. The van der Waals surface area contributed by atoms with Crippen molar-refractivity contribution in [2.45, 2.75) is 0 Å². The number of carbonyl (C=O) groups is 1. The highest BCUT2D eigenvalue weighted by atomic mass is 79.9. The van der Waals surface area contributed by atoms with E-state index in [1.54, 1.807) is 18.2 Å². The van der Waals surface area contributed by atoms with Gasteiger partial charge >= 0.3 is 5.97 Å². The lowest BCUT2D eigenvalue weighted by molar-refractivity contribution is 0.0696. The van der Waals surface area contributed by atoms with Crippen molar-refractivity contribution < 1.29 is 15.0 Å². The van der Waals surface area contributed by atoms with E-state index in [2.05, 4.69) is 15.9 Å². The Morgan fingerprint density at radius 3 is 2.53 bits per heavy atom. The number of hydrogen-bond donors (Lipinski definition) is 2. The molecule has 2 rings (SSSR count). The number of phenols is 1. The molecule has 15 heavy (non-hydrogen) atoms. The average Bonchev–Trinajstić information content (AvgIpc) is 2.17. The molecule has 3 nitrogen and oxygen atoms in total. The van der Waals surface area contributed by atoms with E-state index in [1.165, 1.54) is 12.1 Å². The molecule has 0 radical (unpaired) electrons. The van der Waals surface area contributed by atoms with Crippen LogP contribution in [0.15, 0.2) is 34.8 Å². The number of rotatable bonds is 1. The van der Waals surface area contributed by atoms with E-state index in [0.29, 0.717) is 9.86 Å². The van der Waals surface area contributed by atoms with Gasteiger partial charge in [0.05, 0.1) is 5.56 Å². The number of benzene rings is 2. The van der Waals surface area contributed by atoms with Gasteiger partial charge in [0, 0.05) is 4.47 Å². The van der Waals surface area contributed by atoms with Crippen LogP contribution in [0.5, 0.6) is 5.75 Å². The monoisotopic (exact) mass is 266 g/mol. The van der Waals surface area contributed by atoms with Gasteiger partial charge in [-0.15, -0.1) is 0 Å². The Bertz CT molecular complexity index is 549. The maximum absolute atomic E-state index is 10.9. The summed E-state index contributed by atoms with van der Waals surface area (Å²) in [6.07, 6.45) is 0. The third-order valence-electron chi connectivity index (χ3n) is 2.14. The minimum absolute atomic E-state index is 0.126. The van der Waals surface area contributed by atoms with E-state index in [9.17, 15) is 9.90 Å². The number of carboxylic acids is 1. The molecule has 0 aromatic heterocycles. The first-order chi connectivity index (χ1) is 7.08. The highest BCUT2D eigenvalue weighted by molar-refractivity contribution is 9.10. The Morgan fingerprint density at radius 2 is 1.87 bits per heavy atom. The summed E-state index contributed by atoms with van der Waals surface area (Å²) >= 11 is 3.19. The van der Waals surface area contributed by atoms with E-state index in [1.807, 2.05) is 0 Å². The molecular formula is C11H7BrO3. The predicted octanol–water partition coefficient (Wildman–Crippen LogP) is 3.01. The van der Waals surface area contributed by atoms with Crippen molar-refractivity contribution in [3.63, 3.8) is 0 Å². The van der Waals surface area contributed by atoms with Gasteiger partial charge in [0.15, 0.2) is 0 Å². The highest BCUT2D eigenvalue weighted by Crippen LogP contribution is 2.26. The molecule has 0 amide bonds. The molecule has 0 atom stereocenters. The summed E-state index contributed by atoms with van der Waals surface area (Å²) in [5.74, 6) is -0.867. The van der Waals surface area contributed by atoms with Crippen molar-refractivity contribution in [1.29, 1.82) is 0 Å². The van der Waals surface area contributed by atoms with Gasteiger partial charge in [0.1, 0.15) is 5.75 Å². The molecule has 76 valence electrons. The second kappa shape index (κ2) is 3.55. The Kier molecular flexibility index (Phi) is 2.36. The Labute approximate surface area is 94.1 Å². The van der Waals surface area contributed by atoms with Crippen LogP contribution < -0.4 is 0 Å². The predicted molar refractivity (Wildman–Crippen MR) is 60.3 cm³/mol.